The highest BCUT2D eigenvalue weighted by Crippen LogP contribution is 2.44. The SMILES string of the molecule is C=CCC[C@H](NC(=O)OCC1c2ccccc2-c2ccccc21)C(=O)OC[C@H](CC1CCCCC1)NC(=O)[C@H](CC=C)CC(=O)N(CCO)Cc1ccccc1. The Labute approximate surface area is 331 Å². The molecule has 0 aliphatic heterocycles. The first-order valence-electron chi connectivity index (χ1n) is 20.0. The van der Waals surface area contributed by atoms with E-state index >= 15 is 0 Å². The number of hydrogen-bond donors (Lipinski definition) is 3. The molecule has 56 heavy (non-hydrogen) atoms. The first-order valence-corrected chi connectivity index (χ1v) is 20.0. The Kier molecular flexibility index (Phi) is 16.3. The maximum atomic E-state index is 13.9. The molecule has 0 saturated heterocycles. The molecule has 5 rings (SSSR count). The largest absolute Gasteiger partial charge is 0.462 e. The lowest BCUT2D eigenvalue weighted by Crippen LogP contribution is -2.47. The zero-order valence-electron chi connectivity index (χ0n) is 32.4. The van der Waals surface area contributed by atoms with Gasteiger partial charge in [-0.25, -0.2) is 9.59 Å². The molecular weight excluding hydrogens is 707 g/mol. The monoisotopic (exact) mass is 763 g/mol. The van der Waals surface area contributed by atoms with Gasteiger partial charge in [0.15, 0.2) is 0 Å². The lowest BCUT2D eigenvalue weighted by atomic mass is 9.84. The number of aliphatic hydroxyl groups excluding tert-OH is 1. The van der Waals surface area contributed by atoms with E-state index in [1.165, 1.54) is 6.42 Å². The van der Waals surface area contributed by atoms with Gasteiger partial charge in [-0.1, -0.05) is 123 Å². The fourth-order valence-corrected chi connectivity index (χ4v) is 7.95. The van der Waals surface area contributed by atoms with Crippen molar-refractivity contribution >= 4 is 23.9 Å². The number of carbonyl (C=O) groups is 4. The Hall–Kier alpha value is -5.22. The van der Waals surface area contributed by atoms with E-state index in [2.05, 4.69) is 35.9 Å². The molecular formula is C46H57N3O7. The molecule has 3 N–H and O–H groups in total. The normalized spacial score (nSPS) is 15.3. The van der Waals surface area contributed by atoms with Crippen LogP contribution in [0.2, 0.25) is 0 Å². The molecule has 3 aromatic rings. The first-order chi connectivity index (χ1) is 27.3. The lowest BCUT2D eigenvalue weighted by molar-refractivity contribution is -0.148. The quantitative estimate of drug-likeness (QED) is 0.0758. The third kappa shape index (κ3) is 11.9. The van der Waals surface area contributed by atoms with Gasteiger partial charge in [0.2, 0.25) is 11.8 Å². The maximum absolute atomic E-state index is 13.9. The summed E-state index contributed by atoms with van der Waals surface area (Å²) in [4.78, 5) is 55.7. The Bertz CT molecular complexity index is 1730. The van der Waals surface area contributed by atoms with Crippen molar-refractivity contribution in [3.05, 3.63) is 121 Å². The number of benzene rings is 3. The van der Waals surface area contributed by atoms with E-state index in [0.29, 0.717) is 25.3 Å². The van der Waals surface area contributed by atoms with Crippen LogP contribution in [0.4, 0.5) is 4.79 Å². The molecule has 0 radical (unpaired) electrons. The summed E-state index contributed by atoms with van der Waals surface area (Å²) in [6.45, 7) is 7.90. The Balaban J connectivity index is 1.21. The van der Waals surface area contributed by atoms with Crippen LogP contribution < -0.4 is 10.6 Å². The third-order valence-corrected chi connectivity index (χ3v) is 10.9. The predicted octanol–water partition coefficient (Wildman–Crippen LogP) is 7.46. The molecule has 3 aromatic carbocycles. The highest BCUT2D eigenvalue weighted by molar-refractivity contribution is 5.86. The predicted molar refractivity (Wildman–Crippen MR) is 217 cm³/mol. The van der Waals surface area contributed by atoms with Gasteiger partial charge < -0.3 is 30.1 Å². The van der Waals surface area contributed by atoms with E-state index < -0.39 is 30.1 Å². The minimum atomic E-state index is -0.983. The minimum absolute atomic E-state index is 0.0612. The topological polar surface area (TPSA) is 134 Å². The average molecular weight is 764 g/mol. The van der Waals surface area contributed by atoms with Crippen molar-refractivity contribution in [3.63, 3.8) is 0 Å². The van der Waals surface area contributed by atoms with Crippen molar-refractivity contribution < 1.29 is 33.8 Å². The first kappa shape index (κ1) is 41.9. The number of aliphatic hydroxyl groups is 1. The zero-order valence-corrected chi connectivity index (χ0v) is 32.4. The summed E-state index contributed by atoms with van der Waals surface area (Å²) in [5, 5.41) is 15.5. The standard InChI is InChI=1S/C46H57N3O7/c1-3-5-25-42(48-46(54)56-32-41-39-23-14-12-21-37(39)38-22-13-15-24-40(38)41)45(53)55-31-36(28-33-17-8-6-9-18-33)47-44(52)35(16-4-2)29-43(51)49(26-27-50)30-34-19-10-7-11-20-34/h3-4,7,10-15,19-24,33,35-36,41-42,50H,1-2,5-6,8-9,16-18,25-32H2,(H,47,52)(H,48,54)/t35-,36+,42+/m1/s1. The van der Waals surface area contributed by atoms with E-state index in [4.69, 9.17) is 9.47 Å². The van der Waals surface area contributed by atoms with Gasteiger partial charge in [0.05, 0.1) is 18.6 Å². The van der Waals surface area contributed by atoms with Crippen molar-refractivity contribution in [3.8, 4) is 11.1 Å². The van der Waals surface area contributed by atoms with E-state index in [1.807, 2.05) is 66.7 Å². The molecule has 0 spiro atoms. The number of esters is 1. The molecule has 0 aromatic heterocycles. The van der Waals surface area contributed by atoms with Gasteiger partial charge in [-0.2, -0.15) is 0 Å². The Morgan fingerprint density at radius 3 is 2.14 bits per heavy atom. The fourth-order valence-electron chi connectivity index (χ4n) is 7.95. The summed E-state index contributed by atoms with van der Waals surface area (Å²) in [7, 11) is 0. The average Bonchev–Trinajstić information content (AvgIpc) is 3.54. The van der Waals surface area contributed by atoms with Crippen LogP contribution in [0.25, 0.3) is 11.1 Å². The number of alkyl carbamates (subject to hydrolysis) is 1. The van der Waals surface area contributed by atoms with E-state index in [1.54, 1.807) is 17.1 Å². The number of amides is 3. The molecule has 10 heteroatoms. The van der Waals surface area contributed by atoms with Crippen molar-refractivity contribution in [2.45, 2.75) is 88.8 Å². The summed E-state index contributed by atoms with van der Waals surface area (Å²) >= 11 is 0. The highest BCUT2D eigenvalue weighted by atomic mass is 16.6. The fraction of sp³-hybridized carbons (Fsp3) is 0.435. The van der Waals surface area contributed by atoms with Gasteiger partial charge in [-0.15, -0.1) is 13.2 Å². The van der Waals surface area contributed by atoms with Crippen molar-refractivity contribution in [1.29, 1.82) is 0 Å². The molecule has 0 bridgehead atoms. The summed E-state index contributed by atoms with van der Waals surface area (Å²) in [5.41, 5.74) is 5.34. The van der Waals surface area contributed by atoms with Crippen LogP contribution in [0.5, 0.6) is 0 Å². The molecule has 2 aliphatic carbocycles. The number of allylic oxidation sites excluding steroid dienone is 2. The van der Waals surface area contributed by atoms with Gasteiger partial charge >= 0.3 is 12.1 Å². The molecule has 10 nitrogen and oxygen atoms in total. The molecule has 0 unspecified atom stereocenters. The number of rotatable bonds is 21. The van der Waals surface area contributed by atoms with Crippen molar-refractivity contribution in [1.82, 2.24) is 15.5 Å². The molecule has 298 valence electrons. The number of carbonyl (C=O) groups excluding carboxylic acids is 4. The lowest BCUT2D eigenvalue weighted by Gasteiger charge is -2.29. The number of nitrogens with zero attached hydrogens (tertiary/aromatic N) is 1. The second-order valence-corrected chi connectivity index (χ2v) is 14.9. The van der Waals surface area contributed by atoms with Crippen molar-refractivity contribution in [2.75, 3.05) is 26.4 Å². The van der Waals surface area contributed by atoms with Crippen LogP contribution in [0.15, 0.2) is 104 Å². The molecule has 1 fully saturated rings. The van der Waals surface area contributed by atoms with Crippen molar-refractivity contribution in [2.24, 2.45) is 11.8 Å². The zero-order chi connectivity index (χ0) is 39.7. The summed E-state index contributed by atoms with van der Waals surface area (Å²) in [6.07, 6.45) is 9.58. The molecule has 1 saturated carbocycles. The third-order valence-electron chi connectivity index (χ3n) is 10.9. The number of hydrogen-bond acceptors (Lipinski definition) is 7. The Morgan fingerprint density at radius 1 is 0.839 bits per heavy atom. The highest BCUT2D eigenvalue weighted by Gasteiger charge is 2.32. The van der Waals surface area contributed by atoms with E-state index in [9.17, 15) is 24.3 Å². The van der Waals surface area contributed by atoms with Crippen LogP contribution in [-0.2, 0) is 30.4 Å². The Morgan fingerprint density at radius 2 is 1.50 bits per heavy atom. The minimum Gasteiger partial charge on any atom is -0.462 e. The van der Waals surface area contributed by atoms with Gasteiger partial charge in [0, 0.05) is 25.4 Å². The second kappa shape index (κ2) is 21.8. The summed E-state index contributed by atoms with van der Waals surface area (Å²) in [6, 6.07) is 24.2. The summed E-state index contributed by atoms with van der Waals surface area (Å²) in [5.74, 6) is -1.66. The molecule has 2 aliphatic rings. The van der Waals surface area contributed by atoms with Crippen LogP contribution in [-0.4, -0.2) is 72.3 Å². The molecule has 3 atom stereocenters. The number of fused-ring (bicyclic) bond motifs is 3. The van der Waals surface area contributed by atoms with Gasteiger partial charge in [0.1, 0.15) is 19.3 Å². The van der Waals surface area contributed by atoms with E-state index in [0.717, 1.165) is 53.5 Å². The molecule has 3 amide bonds. The van der Waals surface area contributed by atoms with Crippen LogP contribution in [0.3, 0.4) is 0 Å². The van der Waals surface area contributed by atoms with Crippen LogP contribution in [0, 0.1) is 11.8 Å². The van der Waals surface area contributed by atoms with Gasteiger partial charge in [0.25, 0.3) is 0 Å². The number of ether oxygens (including phenoxy) is 2. The van der Waals surface area contributed by atoms with Crippen LogP contribution in [0.1, 0.15) is 86.8 Å². The maximum Gasteiger partial charge on any atom is 0.407 e. The van der Waals surface area contributed by atoms with E-state index in [-0.39, 0.29) is 63.4 Å². The van der Waals surface area contributed by atoms with Gasteiger partial charge in [-0.05, 0) is 59.4 Å². The number of nitrogens with one attached hydrogen (secondary N) is 2. The van der Waals surface area contributed by atoms with Gasteiger partial charge in [-0.3, -0.25) is 9.59 Å². The second-order valence-electron chi connectivity index (χ2n) is 14.9. The smallest absolute Gasteiger partial charge is 0.407 e. The van der Waals surface area contributed by atoms with Crippen LogP contribution >= 0.6 is 0 Å². The molecule has 0 heterocycles. The summed E-state index contributed by atoms with van der Waals surface area (Å²) < 4.78 is 11.6.